The van der Waals surface area contributed by atoms with E-state index < -0.39 is 17.4 Å². The summed E-state index contributed by atoms with van der Waals surface area (Å²) in [6.07, 6.45) is 1.81. The summed E-state index contributed by atoms with van der Waals surface area (Å²) in [5, 5.41) is 12.2. The normalized spacial score (nSPS) is 13.2. The Morgan fingerprint density at radius 3 is 2.76 bits per heavy atom. The first-order valence-electron chi connectivity index (χ1n) is 7.58. The van der Waals surface area contributed by atoms with E-state index in [0.717, 1.165) is 0 Å². The standard InChI is InChI=1S/C17H19ClN2O5/c1-17(10-24-2,16(22)23)20-14(21)7-8-15-19-9-13(25-15)11-5-3-4-6-12(11)18/h3-6,9H,7-8,10H2,1-2H3,(H,20,21)(H,22,23). The fourth-order valence-corrected chi connectivity index (χ4v) is 2.47. The number of carbonyl (C=O) groups excluding carboxylic acids is 1. The molecule has 0 fully saturated rings. The molecule has 0 spiro atoms. The van der Waals surface area contributed by atoms with Gasteiger partial charge in [-0.15, -0.1) is 0 Å². The van der Waals surface area contributed by atoms with Gasteiger partial charge in [0.15, 0.2) is 17.2 Å². The van der Waals surface area contributed by atoms with Crippen LogP contribution in [0.4, 0.5) is 0 Å². The lowest BCUT2D eigenvalue weighted by Gasteiger charge is -2.25. The SMILES string of the molecule is COCC(C)(NC(=O)CCc1ncc(-c2ccccc2Cl)o1)C(=O)O. The molecule has 0 radical (unpaired) electrons. The summed E-state index contributed by atoms with van der Waals surface area (Å²) < 4.78 is 10.5. The Morgan fingerprint density at radius 1 is 1.40 bits per heavy atom. The fraction of sp³-hybridized carbons (Fsp3) is 0.353. The molecule has 1 atom stereocenters. The van der Waals surface area contributed by atoms with Gasteiger partial charge >= 0.3 is 5.97 Å². The van der Waals surface area contributed by atoms with Crippen molar-refractivity contribution in [3.63, 3.8) is 0 Å². The average molecular weight is 367 g/mol. The van der Waals surface area contributed by atoms with Gasteiger partial charge in [0, 0.05) is 25.5 Å². The van der Waals surface area contributed by atoms with Crippen LogP contribution in [0.15, 0.2) is 34.9 Å². The van der Waals surface area contributed by atoms with Crippen LogP contribution >= 0.6 is 11.6 Å². The minimum absolute atomic E-state index is 0.0368. The monoisotopic (exact) mass is 366 g/mol. The van der Waals surface area contributed by atoms with Crippen molar-refractivity contribution in [2.45, 2.75) is 25.3 Å². The molecule has 1 aromatic heterocycles. The number of nitrogens with one attached hydrogen (secondary N) is 1. The molecule has 1 heterocycles. The van der Waals surface area contributed by atoms with E-state index >= 15 is 0 Å². The lowest BCUT2D eigenvalue weighted by atomic mass is 10.0. The molecule has 1 unspecified atom stereocenters. The number of halogens is 1. The number of hydrogen-bond donors (Lipinski definition) is 2. The third kappa shape index (κ3) is 4.80. The number of methoxy groups -OCH3 is 1. The molecular formula is C17H19ClN2O5. The molecule has 2 aromatic rings. The third-order valence-corrected chi connectivity index (χ3v) is 3.91. The van der Waals surface area contributed by atoms with E-state index in [-0.39, 0.29) is 19.4 Å². The highest BCUT2D eigenvalue weighted by Crippen LogP contribution is 2.28. The van der Waals surface area contributed by atoms with Crippen molar-refractivity contribution in [3.05, 3.63) is 41.4 Å². The lowest BCUT2D eigenvalue weighted by molar-refractivity contribution is -0.149. The van der Waals surface area contributed by atoms with E-state index in [1.807, 2.05) is 18.2 Å². The minimum atomic E-state index is -1.48. The Labute approximate surface area is 150 Å². The maximum Gasteiger partial charge on any atom is 0.331 e. The molecule has 1 aromatic carbocycles. The average Bonchev–Trinajstić information content (AvgIpc) is 3.02. The second kappa shape index (κ2) is 8.13. The first kappa shape index (κ1) is 19.0. The molecule has 0 aliphatic rings. The molecule has 2 N–H and O–H groups in total. The number of aliphatic carboxylic acids is 1. The van der Waals surface area contributed by atoms with Gasteiger partial charge in [-0.2, -0.15) is 0 Å². The third-order valence-electron chi connectivity index (χ3n) is 3.58. The van der Waals surface area contributed by atoms with Crippen molar-refractivity contribution < 1.29 is 23.8 Å². The number of benzene rings is 1. The molecule has 8 heteroatoms. The number of carbonyl (C=O) groups is 2. The number of hydrogen-bond acceptors (Lipinski definition) is 5. The summed E-state index contributed by atoms with van der Waals surface area (Å²) >= 11 is 6.11. The summed E-state index contributed by atoms with van der Waals surface area (Å²) in [5.41, 5.74) is -0.767. The summed E-state index contributed by atoms with van der Waals surface area (Å²) in [6, 6.07) is 7.20. The molecule has 25 heavy (non-hydrogen) atoms. The highest BCUT2D eigenvalue weighted by molar-refractivity contribution is 6.33. The topological polar surface area (TPSA) is 102 Å². The number of nitrogens with zero attached hydrogens (tertiary/aromatic N) is 1. The van der Waals surface area contributed by atoms with E-state index in [2.05, 4.69) is 10.3 Å². The molecule has 0 bridgehead atoms. The number of aromatic nitrogens is 1. The molecule has 134 valence electrons. The summed E-state index contributed by atoms with van der Waals surface area (Å²) in [7, 11) is 1.37. The van der Waals surface area contributed by atoms with Gasteiger partial charge in [0.25, 0.3) is 0 Å². The Morgan fingerprint density at radius 2 is 2.12 bits per heavy atom. The zero-order valence-corrected chi connectivity index (χ0v) is 14.7. The highest BCUT2D eigenvalue weighted by atomic mass is 35.5. The number of amides is 1. The number of ether oxygens (including phenoxy) is 1. The quantitative estimate of drug-likeness (QED) is 0.744. The Hall–Kier alpha value is -2.38. The van der Waals surface area contributed by atoms with Gasteiger partial charge in [-0.3, -0.25) is 4.79 Å². The highest BCUT2D eigenvalue weighted by Gasteiger charge is 2.34. The second-order valence-electron chi connectivity index (χ2n) is 5.72. The summed E-state index contributed by atoms with van der Waals surface area (Å²) in [6.45, 7) is 1.25. The smallest absolute Gasteiger partial charge is 0.331 e. The molecule has 0 saturated heterocycles. The zero-order valence-electron chi connectivity index (χ0n) is 13.9. The van der Waals surface area contributed by atoms with Crippen LogP contribution in [-0.4, -0.2) is 41.2 Å². The lowest BCUT2D eigenvalue weighted by Crippen LogP contribution is -2.55. The number of oxazole rings is 1. The molecule has 1 amide bonds. The zero-order chi connectivity index (χ0) is 18.4. The number of carboxylic acid groups (broad SMARTS) is 1. The van der Waals surface area contributed by atoms with Gasteiger partial charge in [-0.1, -0.05) is 23.7 Å². The van der Waals surface area contributed by atoms with Crippen LogP contribution in [0.25, 0.3) is 11.3 Å². The molecule has 0 aliphatic heterocycles. The van der Waals surface area contributed by atoms with Crippen LogP contribution in [0.5, 0.6) is 0 Å². The number of rotatable bonds is 8. The van der Waals surface area contributed by atoms with E-state index in [1.165, 1.54) is 14.0 Å². The van der Waals surface area contributed by atoms with Gasteiger partial charge in [-0.25, -0.2) is 9.78 Å². The maximum atomic E-state index is 12.0. The van der Waals surface area contributed by atoms with E-state index in [1.54, 1.807) is 12.3 Å². The molecule has 7 nitrogen and oxygen atoms in total. The Kier molecular flexibility index (Phi) is 6.17. The van der Waals surface area contributed by atoms with Gasteiger partial charge in [0.1, 0.15) is 0 Å². The van der Waals surface area contributed by atoms with Crippen LogP contribution in [0, 0.1) is 0 Å². The fourth-order valence-electron chi connectivity index (χ4n) is 2.24. The van der Waals surface area contributed by atoms with Crippen molar-refractivity contribution in [1.82, 2.24) is 10.3 Å². The van der Waals surface area contributed by atoms with E-state index in [9.17, 15) is 14.7 Å². The van der Waals surface area contributed by atoms with Gasteiger partial charge in [0.05, 0.1) is 17.8 Å². The van der Waals surface area contributed by atoms with Crippen LogP contribution in [0.1, 0.15) is 19.2 Å². The summed E-state index contributed by atoms with van der Waals surface area (Å²) in [4.78, 5) is 27.4. The summed E-state index contributed by atoms with van der Waals surface area (Å²) in [5.74, 6) is -0.719. The molecular weight excluding hydrogens is 348 g/mol. The van der Waals surface area contributed by atoms with E-state index in [4.69, 9.17) is 20.8 Å². The Balaban J connectivity index is 1.97. The molecule has 2 rings (SSSR count). The van der Waals surface area contributed by atoms with Crippen LogP contribution < -0.4 is 5.32 Å². The number of aryl methyl sites for hydroxylation is 1. The number of carboxylic acids is 1. The van der Waals surface area contributed by atoms with Crippen molar-refractivity contribution in [2.75, 3.05) is 13.7 Å². The second-order valence-corrected chi connectivity index (χ2v) is 6.12. The first-order chi connectivity index (χ1) is 11.9. The van der Waals surface area contributed by atoms with E-state index in [0.29, 0.717) is 22.2 Å². The van der Waals surface area contributed by atoms with Gasteiger partial charge in [-0.05, 0) is 19.1 Å². The molecule has 0 saturated carbocycles. The predicted molar refractivity (Wildman–Crippen MR) is 91.3 cm³/mol. The minimum Gasteiger partial charge on any atom is -0.479 e. The molecule has 0 aliphatic carbocycles. The predicted octanol–water partition coefficient (Wildman–Crippen LogP) is 2.53. The van der Waals surface area contributed by atoms with Crippen molar-refractivity contribution >= 4 is 23.5 Å². The Bertz CT molecular complexity index is 761. The van der Waals surface area contributed by atoms with Crippen molar-refractivity contribution in [1.29, 1.82) is 0 Å². The van der Waals surface area contributed by atoms with Crippen LogP contribution in [0.2, 0.25) is 5.02 Å². The van der Waals surface area contributed by atoms with Crippen molar-refractivity contribution in [2.24, 2.45) is 0 Å². The maximum absolute atomic E-state index is 12.0. The largest absolute Gasteiger partial charge is 0.479 e. The van der Waals surface area contributed by atoms with Crippen molar-refractivity contribution in [3.8, 4) is 11.3 Å². The van der Waals surface area contributed by atoms with Crippen LogP contribution in [0.3, 0.4) is 0 Å². The van der Waals surface area contributed by atoms with Crippen LogP contribution in [-0.2, 0) is 20.7 Å². The van der Waals surface area contributed by atoms with Gasteiger partial charge in [0.2, 0.25) is 5.91 Å². The van der Waals surface area contributed by atoms with Gasteiger partial charge < -0.3 is 19.6 Å². The first-order valence-corrected chi connectivity index (χ1v) is 7.96.